The van der Waals surface area contributed by atoms with Gasteiger partial charge in [-0.15, -0.1) is 10.2 Å². The lowest BCUT2D eigenvalue weighted by Crippen LogP contribution is -2.41. The normalized spacial score (nSPS) is 18.5. The van der Waals surface area contributed by atoms with E-state index in [-0.39, 0.29) is 11.9 Å². The molecule has 0 aromatic carbocycles. The maximum Gasteiger partial charge on any atom is 0.241 e. The summed E-state index contributed by atoms with van der Waals surface area (Å²) in [4.78, 5) is 11.6. The van der Waals surface area contributed by atoms with Crippen LogP contribution in [0.15, 0.2) is 16.5 Å². The molecule has 0 aliphatic carbocycles. The van der Waals surface area contributed by atoms with Gasteiger partial charge in [-0.3, -0.25) is 10.1 Å². The van der Waals surface area contributed by atoms with E-state index in [9.17, 15) is 4.79 Å². The molecule has 0 fully saturated rings. The third-order valence-electron chi connectivity index (χ3n) is 2.20. The fourth-order valence-corrected chi connectivity index (χ4v) is 3.15. The van der Waals surface area contributed by atoms with Crippen LogP contribution < -0.4 is 10.6 Å². The van der Waals surface area contributed by atoms with E-state index in [2.05, 4.69) is 20.8 Å². The number of nitrogens with zero attached hydrogens (tertiary/aromatic N) is 2. The number of hydrogen-bond donors (Lipinski definition) is 2. The molecule has 0 spiro atoms. The molecule has 2 rings (SSSR count). The number of carbonyl (C=O) groups is 1. The summed E-state index contributed by atoms with van der Waals surface area (Å²) in [7, 11) is 0. The van der Waals surface area contributed by atoms with Gasteiger partial charge in [0, 0.05) is 18.8 Å². The van der Waals surface area contributed by atoms with E-state index in [1.54, 1.807) is 23.1 Å². The van der Waals surface area contributed by atoms with Gasteiger partial charge in [-0.2, -0.15) is 0 Å². The topological polar surface area (TPSA) is 66.9 Å². The van der Waals surface area contributed by atoms with Crippen LogP contribution in [-0.2, 0) is 4.79 Å². The summed E-state index contributed by atoms with van der Waals surface area (Å²) in [6.07, 6.45) is 3.85. The van der Waals surface area contributed by atoms with E-state index < -0.39 is 0 Å². The SMILES string of the molecule is Cc1nnc(SCCNC(=O)C2C=CCN2)s1. The zero-order chi connectivity index (χ0) is 12.1. The summed E-state index contributed by atoms with van der Waals surface area (Å²) in [6.45, 7) is 3.35. The van der Waals surface area contributed by atoms with Gasteiger partial charge in [-0.1, -0.05) is 35.3 Å². The highest BCUT2D eigenvalue weighted by Gasteiger charge is 2.16. The van der Waals surface area contributed by atoms with Gasteiger partial charge in [0.1, 0.15) is 11.0 Å². The summed E-state index contributed by atoms with van der Waals surface area (Å²) in [5, 5.41) is 14.9. The Balaban J connectivity index is 1.63. The quantitative estimate of drug-likeness (QED) is 0.465. The molecule has 1 aliphatic heterocycles. The van der Waals surface area contributed by atoms with Crippen LogP contribution in [0.3, 0.4) is 0 Å². The maximum atomic E-state index is 11.6. The Bertz CT molecular complexity index is 418. The number of amides is 1. The summed E-state index contributed by atoms with van der Waals surface area (Å²) in [6, 6.07) is -0.163. The number of rotatable bonds is 5. The van der Waals surface area contributed by atoms with Crippen molar-refractivity contribution in [2.75, 3.05) is 18.8 Å². The van der Waals surface area contributed by atoms with Crippen molar-refractivity contribution in [2.45, 2.75) is 17.3 Å². The largest absolute Gasteiger partial charge is 0.354 e. The molecule has 1 aromatic heterocycles. The molecule has 0 saturated carbocycles. The van der Waals surface area contributed by atoms with Gasteiger partial charge in [0.05, 0.1) is 0 Å². The van der Waals surface area contributed by atoms with Gasteiger partial charge in [0.2, 0.25) is 5.91 Å². The molecule has 1 atom stereocenters. The Morgan fingerprint density at radius 1 is 1.71 bits per heavy atom. The molecule has 0 saturated heterocycles. The Kier molecular flexibility index (Phi) is 4.52. The van der Waals surface area contributed by atoms with Crippen molar-refractivity contribution >= 4 is 29.0 Å². The van der Waals surface area contributed by atoms with Crippen molar-refractivity contribution in [1.82, 2.24) is 20.8 Å². The summed E-state index contributed by atoms with van der Waals surface area (Å²) in [5.74, 6) is 0.851. The standard InChI is InChI=1S/C10H14N4OS2/c1-7-13-14-10(17-7)16-6-5-12-9(15)8-3-2-4-11-8/h2-3,8,11H,4-6H2,1H3,(H,12,15). The Labute approximate surface area is 108 Å². The second-order valence-corrected chi connectivity index (χ2v) is 6.06. The molecule has 92 valence electrons. The number of nitrogens with one attached hydrogen (secondary N) is 2. The molecule has 17 heavy (non-hydrogen) atoms. The van der Waals surface area contributed by atoms with Crippen LogP contribution in [-0.4, -0.2) is 41.0 Å². The van der Waals surface area contributed by atoms with Gasteiger partial charge >= 0.3 is 0 Å². The van der Waals surface area contributed by atoms with Gasteiger partial charge in [0.25, 0.3) is 0 Å². The van der Waals surface area contributed by atoms with Crippen molar-refractivity contribution < 1.29 is 4.79 Å². The molecule has 0 bridgehead atoms. The fourth-order valence-electron chi connectivity index (χ4n) is 1.41. The molecule has 1 aliphatic rings. The van der Waals surface area contributed by atoms with E-state index >= 15 is 0 Å². The Morgan fingerprint density at radius 2 is 2.59 bits per heavy atom. The van der Waals surface area contributed by atoms with E-state index in [0.29, 0.717) is 6.54 Å². The molecular formula is C10H14N4OS2. The van der Waals surface area contributed by atoms with E-state index in [4.69, 9.17) is 0 Å². The Morgan fingerprint density at radius 3 is 3.24 bits per heavy atom. The minimum absolute atomic E-state index is 0.0350. The van der Waals surface area contributed by atoms with E-state index in [1.165, 1.54) is 0 Å². The number of aromatic nitrogens is 2. The maximum absolute atomic E-state index is 11.6. The highest BCUT2D eigenvalue weighted by molar-refractivity contribution is 8.01. The third kappa shape index (κ3) is 3.79. The average molecular weight is 270 g/mol. The summed E-state index contributed by atoms with van der Waals surface area (Å²) < 4.78 is 0.954. The minimum atomic E-state index is -0.163. The van der Waals surface area contributed by atoms with Crippen molar-refractivity contribution in [2.24, 2.45) is 0 Å². The summed E-state index contributed by atoms with van der Waals surface area (Å²) >= 11 is 3.19. The van der Waals surface area contributed by atoms with Crippen molar-refractivity contribution in [3.05, 3.63) is 17.2 Å². The number of aryl methyl sites for hydroxylation is 1. The molecule has 5 nitrogen and oxygen atoms in total. The average Bonchev–Trinajstić information content (AvgIpc) is 2.95. The second-order valence-electron chi connectivity index (χ2n) is 3.54. The first-order chi connectivity index (χ1) is 8.25. The first-order valence-corrected chi connectivity index (χ1v) is 7.16. The molecule has 2 heterocycles. The van der Waals surface area contributed by atoms with E-state index in [1.807, 2.05) is 19.1 Å². The lowest BCUT2D eigenvalue weighted by atomic mass is 10.3. The predicted molar refractivity (Wildman–Crippen MR) is 69.3 cm³/mol. The monoisotopic (exact) mass is 270 g/mol. The zero-order valence-corrected chi connectivity index (χ0v) is 11.1. The van der Waals surface area contributed by atoms with Crippen molar-refractivity contribution in [1.29, 1.82) is 0 Å². The number of hydrogen-bond acceptors (Lipinski definition) is 6. The predicted octanol–water partition coefficient (Wildman–Crippen LogP) is 0.583. The van der Waals surface area contributed by atoms with Gasteiger partial charge in [-0.05, 0) is 6.92 Å². The van der Waals surface area contributed by atoms with Crippen LogP contribution in [0.4, 0.5) is 0 Å². The molecule has 7 heteroatoms. The van der Waals surface area contributed by atoms with Crippen LogP contribution in [0.5, 0.6) is 0 Å². The molecule has 1 aromatic rings. The fraction of sp³-hybridized carbons (Fsp3) is 0.500. The van der Waals surface area contributed by atoms with Crippen LogP contribution in [0, 0.1) is 6.92 Å². The van der Waals surface area contributed by atoms with Gasteiger partial charge < -0.3 is 5.32 Å². The lowest BCUT2D eigenvalue weighted by Gasteiger charge is -2.09. The third-order valence-corrected chi connectivity index (χ3v) is 4.17. The first-order valence-electron chi connectivity index (χ1n) is 5.36. The zero-order valence-electron chi connectivity index (χ0n) is 9.47. The van der Waals surface area contributed by atoms with Crippen molar-refractivity contribution in [3.63, 3.8) is 0 Å². The van der Waals surface area contributed by atoms with Crippen molar-refractivity contribution in [3.8, 4) is 0 Å². The molecule has 1 amide bonds. The minimum Gasteiger partial charge on any atom is -0.354 e. The summed E-state index contributed by atoms with van der Waals surface area (Å²) in [5.41, 5.74) is 0. The van der Waals surface area contributed by atoms with Crippen LogP contribution in [0.25, 0.3) is 0 Å². The first kappa shape index (κ1) is 12.5. The highest BCUT2D eigenvalue weighted by atomic mass is 32.2. The smallest absolute Gasteiger partial charge is 0.241 e. The molecular weight excluding hydrogens is 256 g/mol. The lowest BCUT2D eigenvalue weighted by molar-refractivity contribution is -0.121. The molecule has 1 unspecified atom stereocenters. The highest BCUT2D eigenvalue weighted by Crippen LogP contribution is 2.20. The van der Waals surface area contributed by atoms with Gasteiger partial charge in [0.15, 0.2) is 4.34 Å². The van der Waals surface area contributed by atoms with E-state index in [0.717, 1.165) is 21.6 Å². The number of thioether (sulfide) groups is 1. The molecule has 0 radical (unpaired) electrons. The molecule has 2 N–H and O–H groups in total. The second kappa shape index (κ2) is 6.13. The van der Waals surface area contributed by atoms with Crippen LogP contribution in [0.1, 0.15) is 5.01 Å². The van der Waals surface area contributed by atoms with Crippen LogP contribution >= 0.6 is 23.1 Å². The number of carbonyl (C=O) groups excluding carboxylic acids is 1. The van der Waals surface area contributed by atoms with Crippen LogP contribution in [0.2, 0.25) is 0 Å². The Hall–Kier alpha value is -0.920. The van der Waals surface area contributed by atoms with Gasteiger partial charge in [-0.25, -0.2) is 0 Å².